The summed E-state index contributed by atoms with van der Waals surface area (Å²) in [6.45, 7) is 0. The summed E-state index contributed by atoms with van der Waals surface area (Å²) in [6.07, 6.45) is -0.467. The maximum Gasteiger partial charge on any atom is 0.305 e. The predicted octanol–water partition coefficient (Wildman–Crippen LogP) is 2.43. The third-order valence-electron chi connectivity index (χ3n) is 4.00. The minimum Gasteiger partial charge on any atom is -0.507 e. The summed E-state index contributed by atoms with van der Waals surface area (Å²) in [7, 11) is 0. The van der Waals surface area contributed by atoms with Crippen molar-refractivity contribution < 1.29 is 29.7 Å². The Morgan fingerprint density at radius 3 is 2.15 bits per heavy atom. The van der Waals surface area contributed by atoms with Crippen LogP contribution in [-0.2, 0) is 20.8 Å². The number of aliphatic carboxylic acids is 2. The first-order valence-electron chi connectivity index (χ1n) is 8.45. The van der Waals surface area contributed by atoms with E-state index in [2.05, 4.69) is 5.32 Å². The molecule has 0 bridgehead atoms. The average molecular weight is 371 g/mol. The van der Waals surface area contributed by atoms with Crippen LogP contribution in [-0.4, -0.2) is 39.2 Å². The molecule has 0 aliphatic heterocycles. The Morgan fingerprint density at radius 2 is 1.56 bits per heavy atom. The second kappa shape index (κ2) is 9.38. The van der Waals surface area contributed by atoms with Crippen molar-refractivity contribution in [3.8, 4) is 16.9 Å². The lowest BCUT2D eigenvalue weighted by molar-refractivity contribution is -0.140. The van der Waals surface area contributed by atoms with Gasteiger partial charge < -0.3 is 20.6 Å². The van der Waals surface area contributed by atoms with Crippen molar-refractivity contribution in [2.24, 2.45) is 0 Å². The molecule has 0 spiro atoms. The summed E-state index contributed by atoms with van der Waals surface area (Å²) < 4.78 is 0. The van der Waals surface area contributed by atoms with Gasteiger partial charge in [0.15, 0.2) is 0 Å². The van der Waals surface area contributed by atoms with Gasteiger partial charge in [0.2, 0.25) is 5.91 Å². The Bertz CT molecular complexity index is 815. The van der Waals surface area contributed by atoms with Gasteiger partial charge in [-0.15, -0.1) is 0 Å². The molecule has 1 atom stereocenters. The number of phenols is 1. The smallest absolute Gasteiger partial charge is 0.305 e. The quantitative estimate of drug-likeness (QED) is 0.537. The minimum atomic E-state index is -1.08. The molecule has 2 aromatic carbocycles. The van der Waals surface area contributed by atoms with E-state index in [1.807, 2.05) is 18.2 Å². The average Bonchev–Trinajstić information content (AvgIpc) is 2.60. The number of aromatic hydroxyl groups is 1. The van der Waals surface area contributed by atoms with Crippen LogP contribution in [0.25, 0.3) is 11.1 Å². The molecule has 0 fully saturated rings. The van der Waals surface area contributed by atoms with Gasteiger partial charge in [0.25, 0.3) is 0 Å². The van der Waals surface area contributed by atoms with Crippen molar-refractivity contribution in [2.75, 3.05) is 0 Å². The molecule has 0 radical (unpaired) electrons. The topological polar surface area (TPSA) is 124 Å². The lowest BCUT2D eigenvalue weighted by atomic mass is 9.99. The largest absolute Gasteiger partial charge is 0.507 e. The maximum absolute atomic E-state index is 11.8. The van der Waals surface area contributed by atoms with Crippen LogP contribution in [0, 0.1) is 0 Å². The van der Waals surface area contributed by atoms with Gasteiger partial charge in [0, 0.05) is 18.0 Å². The minimum absolute atomic E-state index is 0.166. The third-order valence-corrected chi connectivity index (χ3v) is 4.00. The second-order valence-corrected chi connectivity index (χ2v) is 6.17. The van der Waals surface area contributed by atoms with Crippen LogP contribution in [0.4, 0.5) is 0 Å². The zero-order chi connectivity index (χ0) is 19.8. The molecule has 1 unspecified atom stereocenters. The first-order valence-corrected chi connectivity index (χ1v) is 8.45. The number of hydrogen-bond acceptors (Lipinski definition) is 4. The van der Waals surface area contributed by atoms with Gasteiger partial charge in [-0.05, 0) is 23.6 Å². The van der Waals surface area contributed by atoms with E-state index in [0.717, 1.165) is 11.1 Å². The van der Waals surface area contributed by atoms with Gasteiger partial charge in [0.1, 0.15) is 5.75 Å². The number of rotatable bonds is 9. The fraction of sp³-hybridized carbons (Fsp3) is 0.250. The Kier molecular flexibility index (Phi) is 6.93. The van der Waals surface area contributed by atoms with Gasteiger partial charge >= 0.3 is 11.9 Å². The number of carbonyl (C=O) groups is 3. The van der Waals surface area contributed by atoms with Crippen LogP contribution >= 0.6 is 0 Å². The number of amides is 1. The number of hydrogen-bond donors (Lipinski definition) is 4. The fourth-order valence-electron chi connectivity index (χ4n) is 2.73. The van der Waals surface area contributed by atoms with Gasteiger partial charge in [-0.25, -0.2) is 0 Å². The number of carbonyl (C=O) groups excluding carboxylic acids is 1. The van der Waals surface area contributed by atoms with Crippen LogP contribution in [0.1, 0.15) is 24.8 Å². The molecule has 0 aliphatic rings. The third kappa shape index (κ3) is 6.47. The molecule has 4 N–H and O–H groups in total. The Balaban J connectivity index is 2.06. The van der Waals surface area contributed by atoms with E-state index >= 15 is 0 Å². The number of phenolic OH excluding ortho intramolecular Hbond substituents is 1. The number of para-hydroxylation sites is 1. The summed E-state index contributed by atoms with van der Waals surface area (Å²) in [5, 5.41) is 30.2. The van der Waals surface area contributed by atoms with E-state index in [4.69, 9.17) is 10.2 Å². The highest BCUT2D eigenvalue weighted by molar-refractivity contribution is 5.81. The van der Waals surface area contributed by atoms with Crippen LogP contribution in [0.2, 0.25) is 0 Å². The van der Waals surface area contributed by atoms with Crippen molar-refractivity contribution >= 4 is 17.8 Å². The fourth-order valence-corrected chi connectivity index (χ4v) is 2.73. The Labute approximate surface area is 156 Å². The molecule has 7 nitrogen and oxygen atoms in total. The summed E-state index contributed by atoms with van der Waals surface area (Å²) >= 11 is 0. The predicted molar refractivity (Wildman–Crippen MR) is 98.3 cm³/mol. The first-order chi connectivity index (χ1) is 12.8. The SMILES string of the molecule is O=C(O)CCC(=O)NC(CC(=O)O)Cc1ccc(-c2ccccc2O)cc1. The van der Waals surface area contributed by atoms with E-state index in [1.165, 1.54) is 0 Å². The number of nitrogens with one attached hydrogen (secondary N) is 1. The highest BCUT2D eigenvalue weighted by atomic mass is 16.4. The summed E-state index contributed by atoms with van der Waals surface area (Å²) in [6, 6.07) is 13.5. The number of carboxylic acid groups (broad SMARTS) is 2. The molecule has 0 aromatic heterocycles. The van der Waals surface area contributed by atoms with Crippen molar-refractivity contribution in [3.05, 3.63) is 54.1 Å². The first kappa shape index (κ1) is 20.0. The lowest BCUT2D eigenvalue weighted by Crippen LogP contribution is -2.38. The molecule has 7 heteroatoms. The molecule has 27 heavy (non-hydrogen) atoms. The molecule has 0 aliphatic carbocycles. The van der Waals surface area contributed by atoms with Crippen LogP contribution < -0.4 is 5.32 Å². The molecular weight excluding hydrogens is 350 g/mol. The molecule has 0 saturated carbocycles. The van der Waals surface area contributed by atoms with Crippen molar-refractivity contribution in [2.45, 2.75) is 31.7 Å². The van der Waals surface area contributed by atoms with E-state index in [1.54, 1.807) is 30.3 Å². The summed E-state index contributed by atoms with van der Waals surface area (Å²) in [4.78, 5) is 33.4. The molecule has 0 saturated heterocycles. The van der Waals surface area contributed by atoms with E-state index in [-0.39, 0.29) is 25.0 Å². The standard InChI is InChI=1S/C20H21NO6/c22-17-4-2-1-3-16(17)14-7-5-13(6-8-14)11-15(12-20(26)27)21-18(23)9-10-19(24)25/h1-8,15,22H,9-12H2,(H,21,23)(H,24,25)(H,26,27). The van der Waals surface area contributed by atoms with E-state index in [9.17, 15) is 19.5 Å². The van der Waals surface area contributed by atoms with E-state index < -0.39 is 23.9 Å². The maximum atomic E-state index is 11.8. The van der Waals surface area contributed by atoms with Crippen LogP contribution in [0.15, 0.2) is 48.5 Å². The molecule has 1 amide bonds. The monoisotopic (exact) mass is 371 g/mol. The van der Waals surface area contributed by atoms with Crippen LogP contribution in [0.5, 0.6) is 5.75 Å². The molecule has 142 valence electrons. The van der Waals surface area contributed by atoms with Crippen LogP contribution in [0.3, 0.4) is 0 Å². The number of benzene rings is 2. The molecule has 2 rings (SSSR count). The summed E-state index contributed by atoms with van der Waals surface area (Å²) in [5.41, 5.74) is 2.32. The van der Waals surface area contributed by atoms with Gasteiger partial charge in [-0.2, -0.15) is 0 Å². The lowest BCUT2D eigenvalue weighted by Gasteiger charge is -2.17. The van der Waals surface area contributed by atoms with Crippen molar-refractivity contribution in [1.29, 1.82) is 0 Å². The molecule has 2 aromatic rings. The normalized spacial score (nSPS) is 11.6. The molecular formula is C20H21NO6. The highest BCUT2D eigenvalue weighted by Crippen LogP contribution is 2.28. The molecule has 0 heterocycles. The van der Waals surface area contributed by atoms with Gasteiger partial charge in [0.05, 0.1) is 12.8 Å². The zero-order valence-corrected chi connectivity index (χ0v) is 14.6. The van der Waals surface area contributed by atoms with Crippen molar-refractivity contribution in [1.82, 2.24) is 5.32 Å². The van der Waals surface area contributed by atoms with E-state index in [0.29, 0.717) is 12.0 Å². The zero-order valence-electron chi connectivity index (χ0n) is 14.6. The van der Waals surface area contributed by atoms with Crippen molar-refractivity contribution in [3.63, 3.8) is 0 Å². The number of carboxylic acids is 2. The van der Waals surface area contributed by atoms with Gasteiger partial charge in [-0.1, -0.05) is 42.5 Å². The van der Waals surface area contributed by atoms with Gasteiger partial charge in [-0.3, -0.25) is 14.4 Å². The second-order valence-electron chi connectivity index (χ2n) is 6.17. The Hall–Kier alpha value is -3.35. The summed E-state index contributed by atoms with van der Waals surface area (Å²) in [5.74, 6) is -2.46. The Morgan fingerprint density at radius 1 is 0.889 bits per heavy atom. The highest BCUT2D eigenvalue weighted by Gasteiger charge is 2.17.